The fourth-order valence-corrected chi connectivity index (χ4v) is 1.96. The fraction of sp³-hybridized carbons (Fsp3) is 0.706. The van der Waals surface area contributed by atoms with E-state index in [-0.39, 0.29) is 12.5 Å². The summed E-state index contributed by atoms with van der Waals surface area (Å²) in [4.78, 5) is 10.3. The molecule has 0 rings (SSSR count). The van der Waals surface area contributed by atoms with Crippen molar-refractivity contribution in [1.82, 2.24) is 0 Å². The maximum absolute atomic E-state index is 10.3. The zero-order valence-electron chi connectivity index (χ0n) is 12.8. The summed E-state index contributed by atoms with van der Waals surface area (Å²) in [5, 5.41) is 18.1. The first-order chi connectivity index (χ1) is 9.66. The number of unbranched alkanes of at least 4 members (excludes halogenated alkanes) is 6. The molecule has 0 aliphatic heterocycles. The molecule has 116 valence electrons. The Bertz CT molecular complexity index is 282. The molecule has 0 bridgehead atoms. The molecule has 0 aromatic rings. The van der Waals surface area contributed by atoms with Crippen LogP contribution in [0.1, 0.15) is 71.1 Å². The molecular formula is C17H30O3. The van der Waals surface area contributed by atoms with Crippen LogP contribution < -0.4 is 0 Å². The van der Waals surface area contributed by atoms with E-state index in [1.54, 1.807) is 0 Å². The summed E-state index contributed by atoms with van der Waals surface area (Å²) in [7, 11) is 0. The molecule has 3 heteroatoms. The molecule has 0 fully saturated rings. The van der Waals surface area contributed by atoms with E-state index in [1.807, 2.05) is 18.2 Å². The number of carboxylic acids is 1. The lowest BCUT2D eigenvalue weighted by atomic mass is 10.1. The summed E-state index contributed by atoms with van der Waals surface area (Å²) in [6, 6.07) is 0. The molecule has 2 N–H and O–H groups in total. The average Bonchev–Trinajstić information content (AvgIpc) is 2.41. The van der Waals surface area contributed by atoms with Crippen LogP contribution in [0.5, 0.6) is 0 Å². The third-order valence-electron chi connectivity index (χ3n) is 3.20. The van der Waals surface area contributed by atoms with Crippen LogP contribution in [0, 0.1) is 0 Å². The smallest absolute Gasteiger partial charge is 0.303 e. The highest BCUT2D eigenvalue weighted by molar-refractivity contribution is 5.66. The first kappa shape index (κ1) is 18.9. The monoisotopic (exact) mass is 282 g/mol. The number of aliphatic hydroxyl groups is 1. The van der Waals surface area contributed by atoms with Crippen LogP contribution in [0.25, 0.3) is 0 Å². The molecule has 1 unspecified atom stereocenters. The van der Waals surface area contributed by atoms with Gasteiger partial charge in [0, 0.05) is 6.42 Å². The molecule has 0 saturated heterocycles. The molecule has 20 heavy (non-hydrogen) atoms. The van der Waals surface area contributed by atoms with Crippen molar-refractivity contribution in [2.45, 2.75) is 77.2 Å². The first-order valence-corrected chi connectivity index (χ1v) is 7.90. The van der Waals surface area contributed by atoms with E-state index in [0.29, 0.717) is 0 Å². The minimum absolute atomic E-state index is 0.286. The SMILES string of the molecule is CCCCCC(O)C=C/C=C/CCCCCCC(=O)O. The van der Waals surface area contributed by atoms with Gasteiger partial charge in [-0.1, -0.05) is 63.3 Å². The largest absolute Gasteiger partial charge is 0.481 e. The summed E-state index contributed by atoms with van der Waals surface area (Å²) in [5.74, 6) is -0.701. The minimum Gasteiger partial charge on any atom is -0.481 e. The lowest BCUT2D eigenvalue weighted by Crippen LogP contribution is -2.00. The van der Waals surface area contributed by atoms with E-state index in [4.69, 9.17) is 5.11 Å². The number of carbonyl (C=O) groups is 1. The number of aliphatic carboxylic acids is 1. The number of hydrogen-bond donors (Lipinski definition) is 2. The van der Waals surface area contributed by atoms with Crippen molar-refractivity contribution < 1.29 is 15.0 Å². The molecule has 0 aliphatic rings. The molecule has 0 aliphatic carbocycles. The summed E-state index contributed by atoms with van der Waals surface area (Å²) < 4.78 is 0. The van der Waals surface area contributed by atoms with E-state index in [1.165, 1.54) is 12.8 Å². The Kier molecular flexibility index (Phi) is 13.5. The Morgan fingerprint density at radius 3 is 2.50 bits per heavy atom. The van der Waals surface area contributed by atoms with Crippen LogP contribution in [0.15, 0.2) is 24.3 Å². The second-order valence-corrected chi connectivity index (χ2v) is 5.22. The van der Waals surface area contributed by atoms with Gasteiger partial charge < -0.3 is 10.2 Å². The van der Waals surface area contributed by atoms with E-state index < -0.39 is 5.97 Å². The van der Waals surface area contributed by atoms with Crippen LogP contribution in [0.2, 0.25) is 0 Å². The predicted octanol–water partition coefficient (Wildman–Crippen LogP) is 4.47. The van der Waals surface area contributed by atoms with Gasteiger partial charge in [-0.3, -0.25) is 4.79 Å². The van der Waals surface area contributed by atoms with E-state index in [9.17, 15) is 9.90 Å². The standard InChI is InChI=1S/C17H30O3/c1-2-3-10-13-16(18)14-11-8-6-4-5-7-9-12-15-17(19)20/h6,8,11,14,16,18H,2-5,7,9-10,12-13,15H2,1H3,(H,19,20)/b8-6+,14-11?. The number of carboxylic acid groups (broad SMARTS) is 1. The minimum atomic E-state index is -0.701. The summed E-state index contributed by atoms with van der Waals surface area (Å²) >= 11 is 0. The Morgan fingerprint density at radius 1 is 1.05 bits per heavy atom. The van der Waals surface area contributed by atoms with Gasteiger partial charge in [-0.2, -0.15) is 0 Å². The average molecular weight is 282 g/mol. The van der Waals surface area contributed by atoms with Gasteiger partial charge in [-0.25, -0.2) is 0 Å². The van der Waals surface area contributed by atoms with Crippen LogP contribution in [-0.2, 0) is 4.79 Å². The predicted molar refractivity (Wildman–Crippen MR) is 83.8 cm³/mol. The van der Waals surface area contributed by atoms with Gasteiger partial charge >= 0.3 is 5.97 Å². The van der Waals surface area contributed by atoms with Crippen LogP contribution in [0.4, 0.5) is 0 Å². The highest BCUT2D eigenvalue weighted by atomic mass is 16.4. The Hall–Kier alpha value is -1.09. The molecule has 0 heterocycles. The third kappa shape index (κ3) is 15.0. The van der Waals surface area contributed by atoms with Crippen molar-refractivity contribution in [1.29, 1.82) is 0 Å². The molecule has 0 spiro atoms. The highest BCUT2D eigenvalue weighted by Crippen LogP contribution is 2.06. The lowest BCUT2D eigenvalue weighted by Gasteiger charge is -2.03. The molecule has 1 atom stereocenters. The Labute approximate surface area is 123 Å². The second-order valence-electron chi connectivity index (χ2n) is 5.22. The van der Waals surface area contributed by atoms with Gasteiger partial charge in [0.2, 0.25) is 0 Å². The first-order valence-electron chi connectivity index (χ1n) is 7.90. The molecule has 3 nitrogen and oxygen atoms in total. The number of aliphatic hydroxyl groups excluding tert-OH is 1. The van der Waals surface area contributed by atoms with Gasteiger partial charge in [0.05, 0.1) is 6.10 Å². The van der Waals surface area contributed by atoms with Gasteiger partial charge in [0.15, 0.2) is 0 Å². The second kappa shape index (κ2) is 14.3. The van der Waals surface area contributed by atoms with Crippen molar-refractivity contribution >= 4 is 5.97 Å². The van der Waals surface area contributed by atoms with Gasteiger partial charge in [-0.05, 0) is 25.7 Å². The summed E-state index contributed by atoms with van der Waals surface area (Å²) in [6.45, 7) is 2.16. The topological polar surface area (TPSA) is 57.5 Å². The maximum Gasteiger partial charge on any atom is 0.303 e. The van der Waals surface area contributed by atoms with Crippen molar-refractivity contribution in [2.75, 3.05) is 0 Å². The van der Waals surface area contributed by atoms with Gasteiger partial charge in [0.1, 0.15) is 0 Å². The van der Waals surface area contributed by atoms with Crippen molar-refractivity contribution in [3.63, 3.8) is 0 Å². The zero-order chi connectivity index (χ0) is 15.1. The molecule has 0 aromatic carbocycles. The van der Waals surface area contributed by atoms with Gasteiger partial charge in [-0.15, -0.1) is 0 Å². The molecule has 0 saturated carbocycles. The zero-order valence-corrected chi connectivity index (χ0v) is 12.8. The fourth-order valence-electron chi connectivity index (χ4n) is 1.96. The Morgan fingerprint density at radius 2 is 1.80 bits per heavy atom. The van der Waals surface area contributed by atoms with Crippen LogP contribution in [-0.4, -0.2) is 22.3 Å². The van der Waals surface area contributed by atoms with E-state index in [0.717, 1.165) is 44.9 Å². The summed E-state index contributed by atoms with van der Waals surface area (Å²) in [5.41, 5.74) is 0. The van der Waals surface area contributed by atoms with Crippen molar-refractivity contribution in [3.8, 4) is 0 Å². The van der Waals surface area contributed by atoms with E-state index in [2.05, 4.69) is 13.0 Å². The normalized spacial score (nSPS) is 13.3. The number of rotatable bonds is 13. The third-order valence-corrected chi connectivity index (χ3v) is 3.20. The highest BCUT2D eigenvalue weighted by Gasteiger charge is 1.97. The van der Waals surface area contributed by atoms with Crippen LogP contribution in [0.3, 0.4) is 0 Å². The van der Waals surface area contributed by atoms with Crippen molar-refractivity contribution in [3.05, 3.63) is 24.3 Å². The quantitative estimate of drug-likeness (QED) is 0.387. The Balaban J connectivity index is 3.40. The van der Waals surface area contributed by atoms with Gasteiger partial charge in [0.25, 0.3) is 0 Å². The van der Waals surface area contributed by atoms with Crippen molar-refractivity contribution in [2.24, 2.45) is 0 Å². The number of allylic oxidation sites excluding steroid dienone is 3. The molecule has 0 radical (unpaired) electrons. The van der Waals surface area contributed by atoms with E-state index >= 15 is 0 Å². The maximum atomic E-state index is 10.3. The summed E-state index contributed by atoms with van der Waals surface area (Å²) in [6.07, 6.45) is 17.1. The number of hydrogen-bond acceptors (Lipinski definition) is 2. The molecular weight excluding hydrogens is 252 g/mol. The molecule has 0 aromatic heterocycles. The van der Waals surface area contributed by atoms with Crippen LogP contribution >= 0.6 is 0 Å². The molecule has 0 amide bonds. The lowest BCUT2D eigenvalue weighted by molar-refractivity contribution is -0.137.